The van der Waals surface area contributed by atoms with Gasteiger partial charge in [0, 0.05) is 43.9 Å². The van der Waals surface area contributed by atoms with E-state index >= 15 is 0 Å². The van der Waals surface area contributed by atoms with Gasteiger partial charge in [-0.1, -0.05) is 185 Å². The van der Waals surface area contributed by atoms with Crippen molar-refractivity contribution in [1.82, 2.24) is 15.0 Å². The van der Waals surface area contributed by atoms with Crippen molar-refractivity contribution in [3.63, 3.8) is 0 Å². The first-order valence-electron chi connectivity index (χ1n) is 22.6. The molecule has 0 saturated carbocycles. The quantitative estimate of drug-likeness (QED) is 0.166. The third-order valence-corrected chi connectivity index (χ3v) is 14.9. The highest BCUT2D eigenvalue weighted by Gasteiger charge is 2.39. The van der Waals surface area contributed by atoms with E-state index in [1.165, 1.54) is 71.3 Å². The average molecular weight is 832 g/mol. The Morgan fingerprint density at radius 2 is 0.892 bits per heavy atom. The molecule has 10 aromatic carbocycles. The van der Waals surface area contributed by atoms with Gasteiger partial charge in [0.1, 0.15) is 11.2 Å². The molecule has 65 heavy (non-hydrogen) atoms. The van der Waals surface area contributed by atoms with Crippen molar-refractivity contribution in [3.8, 4) is 56.4 Å². The maximum Gasteiger partial charge on any atom is 0.164 e. The van der Waals surface area contributed by atoms with Gasteiger partial charge in [0.05, 0.1) is 0 Å². The molecular formula is C61H41N3O. The SMILES string of the molecule is CC1(C)c2ccccc2-c2ccc(-c3nc(-c4cccc5c4ccc4c5ccc5c6ccccc6ccc54)nc(-c4cc5c(c6oc7ccccc7c46)-c4ccccc4C5(C)C)n3)cc21. The molecule has 0 radical (unpaired) electrons. The molecule has 0 spiro atoms. The number of rotatable bonds is 3. The Morgan fingerprint density at radius 1 is 0.354 bits per heavy atom. The molecule has 2 aliphatic rings. The topological polar surface area (TPSA) is 51.8 Å². The summed E-state index contributed by atoms with van der Waals surface area (Å²) in [4.78, 5) is 16.5. The number of fused-ring (bicyclic) bond motifs is 17. The fourth-order valence-electron chi connectivity index (χ4n) is 11.7. The number of nitrogens with zero attached hydrogens (tertiary/aromatic N) is 3. The van der Waals surface area contributed by atoms with Gasteiger partial charge in [-0.15, -0.1) is 0 Å². The first-order valence-corrected chi connectivity index (χ1v) is 22.6. The Labute approximate surface area is 375 Å². The van der Waals surface area contributed by atoms with E-state index in [9.17, 15) is 0 Å². The minimum absolute atomic E-state index is 0.184. The lowest BCUT2D eigenvalue weighted by molar-refractivity contribution is 0.653. The molecule has 0 aliphatic heterocycles. The van der Waals surface area contributed by atoms with Crippen LogP contribution in [-0.4, -0.2) is 15.0 Å². The van der Waals surface area contributed by atoms with Crippen LogP contribution in [0, 0.1) is 0 Å². The van der Waals surface area contributed by atoms with E-state index in [-0.39, 0.29) is 10.8 Å². The summed E-state index contributed by atoms with van der Waals surface area (Å²) in [5.41, 5.74) is 14.1. The van der Waals surface area contributed by atoms with Gasteiger partial charge >= 0.3 is 0 Å². The Kier molecular flexibility index (Phi) is 7.21. The fraction of sp³-hybridized carbons (Fsp3) is 0.0984. The van der Waals surface area contributed by atoms with E-state index in [0.717, 1.165) is 55.0 Å². The maximum absolute atomic E-state index is 6.92. The first-order chi connectivity index (χ1) is 31.7. The highest BCUT2D eigenvalue weighted by Crippen LogP contribution is 2.55. The van der Waals surface area contributed by atoms with Crippen LogP contribution in [0.3, 0.4) is 0 Å². The molecule has 4 nitrogen and oxygen atoms in total. The van der Waals surface area contributed by atoms with Crippen LogP contribution in [0.1, 0.15) is 49.9 Å². The smallest absolute Gasteiger partial charge is 0.164 e. The molecule has 14 rings (SSSR count). The van der Waals surface area contributed by atoms with E-state index < -0.39 is 0 Å². The summed E-state index contributed by atoms with van der Waals surface area (Å²) in [6.07, 6.45) is 0. The van der Waals surface area contributed by atoms with Crippen LogP contribution in [0.25, 0.3) is 121 Å². The zero-order valence-electron chi connectivity index (χ0n) is 36.5. The van der Waals surface area contributed by atoms with Crippen molar-refractivity contribution in [2.75, 3.05) is 0 Å². The normalized spacial score (nSPS) is 14.4. The zero-order chi connectivity index (χ0) is 43.3. The molecule has 12 aromatic rings. The van der Waals surface area contributed by atoms with Crippen LogP contribution in [-0.2, 0) is 10.8 Å². The second kappa shape index (κ2) is 12.8. The Balaban J connectivity index is 1.05. The van der Waals surface area contributed by atoms with E-state index in [0.29, 0.717) is 17.5 Å². The number of furan rings is 1. The molecule has 4 heteroatoms. The minimum atomic E-state index is -0.278. The van der Waals surface area contributed by atoms with Gasteiger partial charge in [-0.3, -0.25) is 0 Å². The molecule has 2 aromatic heterocycles. The van der Waals surface area contributed by atoms with Gasteiger partial charge in [-0.05, 0) is 100 Å². The summed E-state index contributed by atoms with van der Waals surface area (Å²) in [6.45, 7) is 9.28. The maximum atomic E-state index is 6.92. The summed E-state index contributed by atoms with van der Waals surface area (Å²) in [5, 5.41) is 11.8. The molecule has 306 valence electrons. The van der Waals surface area contributed by atoms with Crippen molar-refractivity contribution in [2.24, 2.45) is 0 Å². The highest BCUT2D eigenvalue weighted by atomic mass is 16.3. The molecule has 0 amide bonds. The van der Waals surface area contributed by atoms with Gasteiger partial charge in [0.25, 0.3) is 0 Å². The van der Waals surface area contributed by atoms with Crippen LogP contribution in [0.15, 0.2) is 180 Å². The lowest BCUT2D eigenvalue weighted by Gasteiger charge is -2.22. The molecule has 0 saturated heterocycles. The standard InChI is InChI=1S/C61H41N3O/c1-60(2)49-21-10-7-16-43(49)44-27-25-35(32-51(44)60)57-62-58(45-20-13-19-37-40-29-28-38-36-15-6-5-14-34(36)24-26-39(38)41(40)30-31-42(37)45)64-59(63-57)48-33-52-55(46-17-8-11-22-50(46)61(52,3)4)56-54(48)47-18-9-12-23-53(47)65-56/h5-33H,1-4H3. The van der Waals surface area contributed by atoms with Crippen LogP contribution in [0.2, 0.25) is 0 Å². The van der Waals surface area contributed by atoms with Gasteiger partial charge in [0.15, 0.2) is 17.5 Å². The lowest BCUT2D eigenvalue weighted by atomic mass is 9.81. The third-order valence-electron chi connectivity index (χ3n) is 14.9. The summed E-state index contributed by atoms with van der Waals surface area (Å²) in [6, 6.07) is 63.8. The monoisotopic (exact) mass is 831 g/mol. The van der Waals surface area contributed by atoms with E-state index in [2.05, 4.69) is 198 Å². The van der Waals surface area contributed by atoms with Gasteiger partial charge < -0.3 is 4.42 Å². The largest absolute Gasteiger partial charge is 0.455 e. The van der Waals surface area contributed by atoms with Crippen molar-refractivity contribution in [1.29, 1.82) is 0 Å². The molecule has 0 fully saturated rings. The molecule has 0 N–H and O–H groups in total. The number of para-hydroxylation sites is 1. The number of benzene rings is 10. The predicted octanol–water partition coefficient (Wildman–Crippen LogP) is 16.0. The third kappa shape index (κ3) is 4.94. The van der Waals surface area contributed by atoms with E-state index in [1.807, 2.05) is 6.07 Å². The minimum Gasteiger partial charge on any atom is -0.455 e. The highest BCUT2D eigenvalue weighted by molar-refractivity contribution is 6.23. The van der Waals surface area contributed by atoms with Gasteiger partial charge in [0.2, 0.25) is 0 Å². The lowest BCUT2D eigenvalue weighted by Crippen LogP contribution is -2.15. The molecule has 0 bridgehead atoms. The van der Waals surface area contributed by atoms with Crippen LogP contribution < -0.4 is 0 Å². The number of hydrogen-bond acceptors (Lipinski definition) is 4. The first kappa shape index (κ1) is 36.5. The summed E-state index contributed by atoms with van der Waals surface area (Å²) in [5.74, 6) is 1.89. The molecular weight excluding hydrogens is 791 g/mol. The summed E-state index contributed by atoms with van der Waals surface area (Å²) < 4.78 is 6.92. The second-order valence-corrected chi connectivity index (χ2v) is 19.1. The molecule has 0 unspecified atom stereocenters. The van der Waals surface area contributed by atoms with Crippen molar-refractivity contribution in [3.05, 3.63) is 198 Å². The van der Waals surface area contributed by atoms with E-state index in [4.69, 9.17) is 19.4 Å². The fourth-order valence-corrected chi connectivity index (χ4v) is 11.7. The average Bonchev–Trinajstić information content (AvgIpc) is 3.93. The number of aromatic nitrogens is 3. The van der Waals surface area contributed by atoms with Crippen LogP contribution in [0.4, 0.5) is 0 Å². The Morgan fingerprint density at radius 3 is 1.69 bits per heavy atom. The van der Waals surface area contributed by atoms with Gasteiger partial charge in [-0.25, -0.2) is 15.0 Å². The summed E-state index contributed by atoms with van der Waals surface area (Å²) in [7, 11) is 0. The molecule has 2 heterocycles. The van der Waals surface area contributed by atoms with Gasteiger partial charge in [-0.2, -0.15) is 0 Å². The van der Waals surface area contributed by atoms with Crippen molar-refractivity contribution in [2.45, 2.75) is 38.5 Å². The Hall–Kier alpha value is -7.95. The molecule has 2 aliphatic carbocycles. The summed E-state index contributed by atoms with van der Waals surface area (Å²) >= 11 is 0. The van der Waals surface area contributed by atoms with Crippen LogP contribution in [0.5, 0.6) is 0 Å². The van der Waals surface area contributed by atoms with Crippen molar-refractivity contribution >= 4 is 65.0 Å². The second-order valence-electron chi connectivity index (χ2n) is 19.1. The number of hydrogen-bond donors (Lipinski definition) is 0. The zero-order valence-corrected chi connectivity index (χ0v) is 36.5. The Bertz CT molecular complexity index is 4080. The van der Waals surface area contributed by atoms with Crippen molar-refractivity contribution < 1.29 is 4.42 Å². The van der Waals surface area contributed by atoms with Crippen LogP contribution >= 0.6 is 0 Å². The molecule has 0 atom stereocenters. The predicted molar refractivity (Wildman–Crippen MR) is 269 cm³/mol. The van der Waals surface area contributed by atoms with E-state index in [1.54, 1.807) is 0 Å².